The van der Waals surface area contributed by atoms with Gasteiger partial charge in [0.2, 0.25) is 11.8 Å². The van der Waals surface area contributed by atoms with Gasteiger partial charge in [0.25, 0.3) is 0 Å². The van der Waals surface area contributed by atoms with Crippen molar-refractivity contribution in [3.8, 4) is 28.7 Å². The fourth-order valence-corrected chi connectivity index (χ4v) is 2.10. The number of nitrogens with zero attached hydrogens (tertiary/aromatic N) is 2. The Bertz CT molecular complexity index is 744. The molecule has 1 aromatic heterocycles. The molecule has 112 valence electrons. The van der Waals surface area contributed by atoms with Gasteiger partial charge in [0, 0.05) is 11.1 Å². The molecule has 0 N–H and O–H groups in total. The van der Waals surface area contributed by atoms with Crippen LogP contribution in [0.5, 0.6) is 5.75 Å². The van der Waals surface area contributed by atoms with Crippen LogP contribution in [0.15, 0.2) is 52.9 Å². The normalized spacial score (nSPS) is 10.9. The Morgan fingerprint density at radius 1 is 0.818 bits per heavy atom. The van der Waals surface area contributed by atoms with Crippen LogP contribution in [0, 0.1) is 6.92 Å². The van der Waals surface area contributed by atoms with E-state index in [0.717, 1.165) is 16.9 Å². The van der Waals surface area contributed by atoms with Gasteiger partial charge < -0.3 is 9.15 Å². The third kappa shape index (κ3) is 3.17. The molecule has 22 heavy (non-hydrogen) atoms. The molecule has 0 aliphatic carbocycles. The summed E-state index contributed by atoms with van der Waals surface area (Å²) in [6.45, 7) is 6.04. The zero-order valence-electron chi connectivity index (χ0n) is 12.9. The minimum atomic E-state index is 0.155. The molecule has 0 atom stereocenters. The molecule has 4 nitrogen and oxygen atoms in total. The van der Waals surface area contributed by atoms with E-state index in [0.29, 0.717) is 11.8 Å². The summed E-state index contributed by atoms with van der Waals surface area (Å²) in [6, 6.07) is 15.7. The number of ether oxygens (including phenoxy) is 1. The smallest absolute Gasteiger partial charge is 0.248 e. The Labute approximate surface area is 129 Å². The highest BCUT2D eigenvalue weighted by Crippen LogP contribution is 2.25. The highest BCUT2D eigenvalue weighted by molar-refractivity contribution is 5.58. The van der Waals surface area contributed by atoms with Crippen molar-refractivity contribution in [1.82, 2.24) is 10.2 Å². The third-order valence-corrected chi connectivity index (χ3v) is 3.20. The first-order valence-electron chi connectivity index (χ1n) is 7.29. The van der Waals surface area contributed by atoms with Crippen LogP contribution >= 0.6 is 0 Å². The maximum Gasteiger partial charge on any atom is 0.248 e. The van der Waals surface area contributed by atoms with Crippen LogP contribution in [0.2, 0.25) is 0 Å². The minimum absolute atomic E-state index is 0.155. The van der Waals surface area contributed by atoms with E-state index < -0.39 is 0 Å². The van der Waals surface area contributed by atoms with Gasteiger partial charge in [-0.2, -0.15) is 0 Å². The molecule has 0 saturated heterocycles. The number of aromatic nitrogens is 2. The van der Waals surface area contributed by atoms with Crippen LogP contribution < -0.4 is 4.74 Å². The van der Waals surface area contributed by atoms with Gasteiger partial charge in [0.1, 0.15) is 5.75 Å². The van der Waals surface area contributed by atoms with Crippen molar-refractivity contribution in [3.05, 3.63) is 54.1 Å². The van der Waals surface area contributed by atoms with E-state index in [1.54, 1.807) is 0 Å². The second-order valence-corrected chi connectivity index (χ2v) is 5.47. The van der Waals surface area contributed by atoms with Crippen LogP contribution in [0.1, 0.15) is 19.4 Å². The SMILES string of the molecule is Cc1ccc(-c2nnc(-c3ccc(OC(C)C)cc3)o2)cc1. The van der Waals surface area contributed by atoms with Crippen LogP contribution in [0.3, 0.4) is 0 Å². The molecule has 0 bridgehead atoms. The van der Waals surface area contributed by atoms with Gasteiger partial charge in [-0.3, -0.25) is 0 Å². The highest BCUT2D eigenvalue weighted by atomic mass is 16.5. The van der Waals surface area contributed by atoms with Crippen molar-refractivity contribution in [3.63, 3.8) is 0 Å². The molecule has 4 heteroatoms. The van der Waals surface area contributed by atoms with Gasteiger partial charge in [-0.15, -0.1) is 10.2 Å². The maximum atomic E-state index is 5.75. The lowest BCUT2D eigenvalue weighted by Crippen LogP contribution is -2.05. The first-order chi connectivity index (χ1) is 10.6. The van der Waals surface area contributed by atoms with E-state index in [1.807, 2.05) is 69.3 Å². The van der Waals surface area contributed by atoms with Gasteiger partial charge in [-0.1, -0.05) is 17.7 Å². The average Bonchev–Trinajstić information content (AvgIpc) is 2.98. The largest absolute Gasteiger partial charge is 0.491 e. The van der Waals surface area contributed by atoms with Crippen molar-refractivity contribution >= 4 is 0 Å². The second-order valence-electron chi connectivity index (χ2n) is 5.47. The summed E-state index contributed by atoms with van der Waals surface area (Å²) >= 11 is 0. The summed E-state index contributed by atoms with van der Waals surface area (Å²) in [5.74, 6) is 1.86. The highest BCUT2D eigenvalue weighted by Gasteiger charge is 2.10. The summed E-state index contributed by atoms with van der Waals surface area (Å²) < 4.78 is 11.4. The fraction of sp³-hybridized carbons (Fsp3) is 0.222. The quantitative estimate of drug-likeness (QED) is 0.711. The summed E-state index contributed by atoms with van der Waals surface area (Å²) in [7, 11) is 0. The van der Waals surface area contributed by atoms with Crippen molar-refractivity contribution < 1.29 is 9.15 Å². The molecule has 0 fully saturated rings. The molecule has 3 rings (SSSR count). The second kappa shape index (κ2) is 6.02. The van der Waals surface area contributed by atoms with Crippen LogP contribution in [-0.4, -0.2) is 16.3 Å². The van der Waals surface area contributed by atoms with Crippen molar-refractivity contribution in [2.45, 2.75) is 26.9 Å². The van der Waals surface area contributed by atoms with Crippen molar-refractivity contribution in [2.75, 3.05) is 0 Å². The van der Waals surface area contributed by atoms with E-state index in [-0.39, 0.29) is 6.10 Å². The van der Waals surface area contributed by atoms with Gasteiger partial charge in [0.05, 0.1) is 6.10 Å². The third-order valence-electron chi connectivity index (χ3n) is 3.20. The Kier molecular flexibility index (Phi) is 3.92. The number of hydrogen-bond acceptors (Lipinski definition) is 4. The molecular formula is C18H18N2O2. The predicted octanol–water partition coefficient (Wildman–Crippen LogP) is 4.50. The molecule has 0 saturated carbocycles. The summed E-state index contributed by atoms with van der Waals surface area (Å²) in [4.78, 5) is 0. The molecular weight excluding hydrogens is 276 g/mol. The number of rotatable bonds is 4. The molecule has 0 radical (unpaired) electrons. The molecule has 0 unspecified atom stereocenters. The molecule has 0 spiro atoms. The van der Waals surface area contributed by atoms with E-state index >= 15 is 0 Å². The predicted molar refractivity (Wildman–Crippen MR) is 85.7 cm³/mol. The molecule has 0 amide bonds. The first kappa shape index (κ1) is 14.3. The lowest BCUT2D eigenvalue weighted by atomic mass is 10.1. The van der Waals surface area contributed by atoms with Gasteiger partial charge in [-0.05, 0) is 57.2 Å². The average molecular weight is 294 g/mol. The van der Waals surface area contributed by atoms with E-state index in [1.165, 1.54) is 5.56 Å². The van der Waals surface area contributed by atoms with Crippen LogP contribution in [-0.2, 0) is 0 Å². The lowest BCUT2D eigenvalue weighted by molar-refractivity contribution is 0.242. The topological polar surface area (TPSA) is 48.2 Å². The summed E-state index contributed by atoms with van der Waals surface area (Å²) in [6.07, 6.45) is 0.155. The van der Waals surface area contributed by atoms with E-state index in [2.05, 4.69) is 10.2 Å². The first-order valence-corrected chi connectivity index (χ1v) is 7.29. The Hall–Kier alpha value is -2.62. The number of benzene rings is 2. The Morgan fingerprint density at radius 2 is 1.32 bits per heavy atom. The van der Waals surface area contributed by atoms with E-state index in [4.69, 9.17) is 9.15 Å². The Morgan fingerprint density at radius 3 is 1.82 bits per heavy atom. The van der Waals surface area contributed by atoms with Crippen LogP contribution in [0.4, 0.5) is 0 Å². The van der Waals surface area contributed by atoms with Gasteiger partial charge in [0.15, 0.2) is 0 Å². The molecule has 3 aromatic rings. The zero-order chi connectivity index (χ0) is 15.5. The number of hydrogen-bond donors (Lipinski definition) is 0. The van der Waals surface area contributed by atoms with E-state index in [9.17, 15) is 0 Å². The summed E-state index contributed by atoms with van der Waals surface area (Å²) in [5.41, 5.74) is 3.00. The van der Waals surface area contributed by atoms with Gasteiger partial charge in [-0.25, -0.2) is 0 Å². The molecule has 0 aliphatic rings. The standard InChI is InChI=1S/C18H18N2O2/c1-12(2)21-16-10-8-15(9-11-16)18-20-19-17(22-18)14-6-4-13(3)5-7-14/h4-12H,1-3H3. The lowest BCUT2D eigenvalue weighted by Gasteiger charge is -2.09. The van der Waals surface area contributed by atoms with Gasteiger partial charge >= 0.3 is 0 Å². The monoisotopic (exact) mass is 294 g/mol. The summed E-state index contributed by atoms with van der Waals surface area (Å²) in [5, 5.41) is 8.23. The van der Waals surface area contributed by atoms with Crippen molar-refractivity contribution in [2.24, 2.45) is 0 Å². The maximum absolute atomic E-state index is 5.75. The number of aryl methyl sites for hydroxylation is 1. The minimum Gasteiger partial charge on any atom is -0.491 e. The molecule has 2 aromatic carbocycles. The van der Waals surface area contributed by atoms with Crippen LogP contribution in [0.25, 0.3) is 22.9 Å². The fourth-order valence-electron chi connectivity index (χ4n) is 2.10. The Balaban J connectivity index is 1.82. The zero-order valence-corrected chi connectivity index (χ0v) is 12.9. The molecule has 0 aliphatic heterocycles. The molecule has 1 heterocycles. The van der Waals surface area contributed by atoms with Crippen molar-refractivity contribution in [1.29, 1.82) is 0 Å².